The third-order valence-corrected chi connectivity index (χ3v) is 6.91. The molecule has 2 N–H and O–H groups in total. The highest BCUT2D eigenvalue weighted by atomic mass is 79.9. The third-order valence-electron chi connectivity index (χ3n) is 6.38. The van der Waals surface area contributed by atoms with E-state index in [1.54, 1.807) is 24.3 Å². The number of hydrogen-bond acceptors (Lipinski definition) is 1. The molecule has 3 nitrogen and oxygen atoms in total. The zero-order chi connectivity index (χ0) is 25.1. The molecule has 0 bridgehead atoms. The first-order chi connectivity index (χ1) is 16.7. The van der Waals surface area contributed by atoms with Crippen LogP contribution < -0.4 is 10.6 Å². The number of benzene rings is 3. The Balaban J connectivity index is 1.89. The average molecular weight is 549 g/mol. The van der Waals surface area contributed by atoms with Crippen molar-refractivity contribution >= 4 is 22.0 Å². The second-order valence-electron chi connectivity index (χ2n) is 8.88. The number of amides is 2. The molecular formula is C27H25BrF4N2O. The Morgan fingerprint density at radius 2 is 1.51 bits per heavy atom. The van der Waals surface area contributed by atoms with Crippen molar-refractivity contribution in [2.45, 2.75) is 49.9 Å². The number of hydrogen-bond donors (Lipinski definition) is 2. The van der Waals surface area contributed by atoms with E-state index in [-0.39, 0.29) is 18.0 Å². The van der Waals surface area contributed by atoms with Crippen LogP contribution in [-0.2, 0) is 18.1 Å². The summed E-state index contributed by atoms with van der Waals surface area (Å²) >= 11 is 3.39. The number of halogens is 5. The summed E-state index contributed by atoms with van der Waals surface area (Å²) in [5, 5.41) is 5.92. The van der Waals surface area contributed by atoms with Crippen LogP contribution in [0.4, 0.5) is 22.4 Å². The van der Waals surface area contributed by atoms with E-state index in [4.69, 9.17) is 0 Å². The van der Waals surface area contributed by atoms with Crippen molar-refractivity contribution in [2.75, 3.05) is 0 Å². The number of urea groups is 1. The second kappa shape index (κ2) is 10.4. The highest BCUT2D eigenvalue weighted by Crippen LogP contribution is 2.38. The Labute approximate surface area is 210 Å². The molecule has 1 aliphatic rings. The van der Waals surface area contributed by atoms with Gasteiger partial charge in [0.25, 0.3) is 0 Å². The molecule has 8 heteroatoms. The summed E-state index contributed by atoms with van der Waals surface area (Å²) in [6, 6.07) is 18.0. The summed E-state index contributed by atoms with van der Waals surface area (Å²) in [7, 11) is 0. The minimum Gasteiger partial charge on any atom is -0.335 e. The van der Waals surface area contributed by atoms with Gasteiger partial charge in [-0.05, 0) is 59.9 Å². The van der Waals surface area contributed by atoms with Crippen molar-refractivity contribution in [3.8, 4) is 0 Å². The molecule has 1 atom stereocenters. The summed E-state index contributed by atoms with van der Waals surface area (Å²) in [5.74, 6) is -1.03. The summed E-state index contributed by atoms with van der Waals surface area (Å²) in [6.07, 6.45) is -0.933. The smallest absolute Gasteiger partial charge is 0.335 e. The molecule has 1 saturated carbocycles. The molecule has 0 radical (unpaired) electrons. The van der Waals surface area contributed by atoms with Crippen LogP contribution in [0.3, 0.4) is 0 Å². The van der Waals surface area contributed by atoms with Gasteiger partial charge in [-0.3, -0.25) is 0 Å². The van der Waals surface area contributed by atoms with Gasteiger partial charge in [-0.15, -0.1) is 0 Å². The Morgan fingerprint density at radius 3 is 2.14 bits per heavy atom. The van der Waals surface area contributed by atoms with Crippen molar-refractivity contribution in [1.82, 2.24) is 10.6 Å². The fourth-order valence-electron chi connectivity index (χ4n) is 4.68. The van der Waals surface area contributed by atoms with Gasteiger partial charge in [-0.2, -0.15) is 13.2 Å². The minimum absolute atomic E-state index is 0.00686. The van der Waals surface area contributed by atoms with Crippen molar-refractivity contribution in [3.63, 3.8) is 0 Å². The van der Waals surface area contributed by atoms with E-state index in [2.05, 4.69) is 26.6 Å². The molecule has 0 saturated heterocycles. The van der Waals surface area contributed by atoms with Crippen LogP contribution in [0.15, 0.2) is 77.3 Å². The standard InChI is InChI=1S/C27H25BrF4N2O/c28-22-12-10-19(11-13-22)26(17-18-6-2-1-3-7-18,34-25(35)33-24-8-4-5-9-24)20-14-21(27(30,31)32)16-23(29)15-20/h1-3,6-7,10-16,24H,4-5,8-9,17H2,(H2,33,34,35)/t26-/m1/s1. The predicted octanol–water partition coefficient (Wildman–Crippen LogP) is 7.34. The molecular weight excluding hydrogens is 524 g/mol. The third kappa shape index (κ3) is 6.04. The minimum atomic E-state index is -4.75. The van der Waals surface area contributed by atoms with Crippen LogP contribution in [0.2, 0.25) is 0 Å². The summed E-state index contributed by atoms with van der Waals surface area (Å²) in [6.45, 7) is 0. The fraction of sp³-hybridized carbons (Fsp3) is 0.296. The SMILES string of the molecule is O=C(NC1CCCC1)N[C@](Cc1ccccc1)(c1ccc(Br)cc1)c1cc(F)cc(C(F)(F)F)c1. The lowest BCUT2D eigenvalue weighted by Gasteiger charge is -2.37. The molecule has 3 aromatic rings. The van der Waals surface area contributed by atoms with Crippen molar-refractivity contribution in [2.24, 2.45) is 0 Å². The Hall–Kier alpha value is -2.87. The van der Waals surface area contributed by atoms with E-state index in [9.17, 15) is 22.4 Å². The quantitative estimate of drug-likeness (QED) is 0.311. The first-order valence-electron chi connectivity index (χ1n) is 11.4. The van der Waals surface area contributed by atoms with Gasteiger partial charge in [-0.25, -0.2) is 9.18 Å². The van der Waals surface area contributed by atoms with Gasteiger partial charge in [0.1, 0.15) is 5.82 Å². The molecule has 0 aromatic heterocycles. The first-order valence-corrected chi connectivity index (χ1v) is 12.2. The van der Waals surface area contributed by atoms with E-state index < -0.39 is 29.1 Å². The summed E-state index contributed by atoms with van der Waals surface area (Å²) < 4.78 is 56.4. The van der Waals surface area contributed by atoms with Crippen LogP contribution >= 0.6 is 15.9 Å². The zero-order valence-electron chi connectivity index (χ0n) is 18.8. The maximum absolute atomic E-state index is 14.6. The highest BCUT2D eigenvalue weighted by molar-refractivity contribution is 9.10. The molecule has 0 unspecified atom stereocenters. The number of alkyl halides is 3. The number of carbonyl (C=O) groups is 1. The Morgan fingerprint density at radius 1 is 0.886 bits per heavy atom. The lowest BCUT2D eigenvalue weighted by atomic mass is 9.77. The van der Waals surface area contributed by atoms with Crippen LogP contribution in [0.25, 0.3) is 0 Å². The lowest BCUT2D eigenvalue weighted by Crippen LogP contribution is -2.53. The van der Waals surface area contributed by atoms with Gasteiger partial charge in [-0.1, -0.05) is 71.2 Å². The van der Waals surface area contributed by atoms with E-state index >= 15 is 0 Å². The van der Waals surface area contributed by atoms with E-state index in [1.165, 1.54) is 0 Å². The molecule has 0 aliphatic heterocycles. The summed E-state index contributed by atoms with van der Waals surface area (Å²) in [4.78, 5) is 13.2. The van der Waals surface area contributed by atoms with Gasteiger partial charge in [0, 0.05) is 16.9 Å². The maximum Gasteiger partial charge on any atom is 0.416 e. The fourth-order valence-corrected chi connectivity index (χ4v) is 4.95. The van der Waals surface area contributed by atoms with Gasteiger partial charge >= 0.3 is 12.2 Å². The van der Waals surface area contributed by atoms with Gasteiger partial charge in [0.05, 0.1) is 11.1 Å². The molecule has 0 heterocycles. The van der Waals surface area contributed by atoms with Crippen LogP contribution in [0.5, 0.6) is 0 Å². The first kappa shape index (κ1) is 25.2. The predicted molar refractivity (Wildman–Crippen MR) is 130 cm³/mol. The maximum atomic E-state index is 14.6. The highest BCUT2D eigenvalue weighted by Gasteiger charge is 2.40. The number of carbonyl (C=O) groups excluding carboxylic acids is 1. The van der Waals surface area contributed by atoms with Gasteiger partial charge in [0.2, 0.25) is 0 Å². The Bertz CT molecular complexity index is 1160. The van der Waals surface area contributed by atoms with E-state index in [1.807, 2.05) is 30.3 Å². The lowest BCUT2D eigenvalue weighted by molar-refractivity contribution is -0.137. The molecule has 1 aliphatic carbocycles. The number of rotatable bonds is 6. The summed E-state index contributed by atoms with van der Waals surface area (Å²) in [5.41, 5.74) is -1.26. The normalized spacial score (nSPS) is 16.0. The molecule has 1 fully saturated rings. The monoisotopic (exact) mass is 548 g/mol. The number of nitrogens with one attached hydrogen (secondary N) is 2. The molecule has 184 valence electrons. The van der Waals surface area contributed by atoms with E-state index in [0.717, 1.165) is 47.9 Å². The average Bonchev–Trinajstić information content (AvgIpc) is 3.31. The molecule has 0 spiro atoms. The van der Waals surface area contributed by atoms with E-state index in [0.29, 0.717) is 11.6 Å². The molecule has 2 amide bonds. The molecule has 4 rings (SSSR count). The van der Waals surface area contributed by atoms with Crippen LogP contribution in [-0.4, -0.2) is 12.1 Å². The second-order valence-corrected chi connectivity index (χ2v) is 9.80. The van der Waals surface area contributed by atoms with Crippen molar-refractivity contribution < 1.29 is 22.4 Å². The topological polar surface area (TPSA) is 41.1 Å². The van der Waals surface area contributed by atoms with Crippen molar-refractivity contribution in [3.05, 3.63) is 105 Å². The van der Waals surface area contributed by atoms with Gasteiger partial charge in [0.15, 0.2) is 0 Å². The molecule has 35 heavy (non-hydrogen) atoms. The van der Waals surface area contributed by atoms with Crippen LogP contribution in [0, 0.1) is 5.82 Å². The largest absolute Gasteiger partial charge is 0.416 e. The van der Waals surface area contributed by atoms with Crippen LogP contribution in [0.1, 0.15) is 47.9 Å². The van der Waals surface area contributed by atoms with Gasteiger partial charge < -0.3 is 10.6 Å². The zero-order valence-corrected chi connectivity index (χ0v) is 20.4. The molecule has 3 aromatic carbocycles. The van der Waals surface area contributed by atoms with Crippen molar-refractivity contribution in [1.29, 1.82) is 0 Å². The Kier molecular flexibility index (Phi) is 7.50.